The molecule has 2 heteroatoms. The summed E-state index contributed by atoms with van der Waals surface area (Å²) in [5.41, 5.74) is 1.66. The van der Waals surface area contributed by atoms with Gasteiger partial charge in [-0.3, -0.25) is 4.79 Å². The Balaban J connectivity index is 1.59. The smallest absolute Gasteiger partial charge is 0.306 e. The van der Waals surface area contributed by atoms with Gasteiger partial charge in [-0.1, -0.05) is 30.3 Å². The molecular formula is C21H28O2. The lowest BCUT2D eigenvalue weighted by Gasteiger charge is -2.41. The van der Waals surface area contributed by atoms with E-state index in [1.165, 1.54) is 37.7 Å². The second kappa shape index (κ2) is 4.84. The lowest BCUT2D eigenvalue weighted by Crippen LogP contribution is -2.35. The van der Waals surface area contributed by atoms with Crippen molar-refractivity contribution < 1.29 is 9.53 Å². The summed E-state index contributed by atoms with van der Waals surface area (Å²) in [4.78, 5) is 12.5. The monoisotopic (exact) mass is 312 g/mol. The Morgan fingerprint density at radius 2 is 1.91 bits per heavy atom. The summed E-state index contributed by atoms with van der Waals surface area (Å²) in [7, 11) is 0. The molecule has 1 aromatic rings. The predicted molar refractivity (Wildman–Crippen MR) is 91.1 cm³/mol. The summed E-state index contributed by atoms with van der Waals surface area (Å²) in [5, 5.41) is 0. The molecule has 0 aliphatic heterocycles. The van der Waals surface area contributed by atoms with Crippen LogP contribution in [0.1, 0.15) is 64.9 Å². The highest BCUT2D eigenvalue weighted by atomic mass is 16.6. The van der Waals surface area contributed by atoms with Crippen LogP contribution in [0.25, 0.3) is 0 Å². The standard InChI is InChI=1S/C21H28O2/c1-19(2,3)23-18(22)13-21-11-15-9-17(21)12-20(10-15,14-21)16-7-5-4-6-8-16/h4-8,15,17H,9-14H2,1-3H3. The fourth-order valence-corrected chi connectivity index (χ4v) is 6.15. The highest BCUT2D eigenvalue weighted by Gasteiger charge is 2.64. The molecule has 4 fully saturated rings. The van der Waals surface area contributed by atoms with Gasteiger partial charge in [0.2, 0.25) is 0 Å². The molecule has 1 aromatic carbocycles. The number of benzene rings is 1. The minimum atomic E-state index is -0.375. The van der Waals surface area contributed by atoms with E-state index in [9.17, 15) is 4.79 Å². The van der Waals surface area contributed by atoms with E-state index < -0.39 is 0 Å². The van der Waals surface area contributed by atoms with E-state index in [1.807, 2.05) is 20.8 Å². The maximum atomic E-state index is 12.5. The van der Waals surface area contributed by atoms with Gasteiger partial charge < -0.3 is 4.74 Å². The Hall–Kier alpha value is -1.31. The van der Waals surface area contributed by atoms with E-state index in [1.54, 1.807) is 0 Å². The van der Waals surface area contributed by atoms with Crippen LogP contribution in [0.15, 0.2) is 30.3 Å². The van der Waals surface area contributed by atoms with E-state index in [0.717, 1.165) is 5.92 Å². The van der Waals surface area contributed by atoms with Crippen LogP contribution in [0.5, 0.6) is 0 Å². The molecule has 5 rings (SSSR count). The van der Waals surface area contributed by atoms with Crippen molar-refractivity contribution in [3.63, 3.8) is 0 Å². The summed E-state index contributed by atoms with van der Waals surface area (Å²) in [6, 6.07) is 11.0. The van der Waals surface area contributed by atoms with E-state index in [4.69, 9.17) is 4.74 Å². The lowest BCUT2D eigenvalue weighted by molar-refractivity contribution is -0.158. The Morgan fingerprint density at radius 3 is 2.61 bits per heavy atom. The van der Waals surface area contributed by atoms with Gasteiger partial charge in [0.15, 0.2) is 0 Å². The first-order chi connectivity index (χ1) is 10.8. The van der Waals surface area contributed by atoms with E-state index in [0.29, 0.717) is 17.8 Å². The van der Waals surface area contributed by atoms with Crippen LogP contribution in [0.2, 0.25) is 0 Å². The van der Waals surface area contributed by atoms with Crippen molar-refractivity contribution in [3.8, 4) is 0 Å². The average molecular weight is 312 g/mol. The molecule has 0 heterocycles. The van der Waals surface area contributed by atoms with Crippen LogP contribution >= 0.6 is 0 Å². The molecule has 23 heavy (non-hydrogen) atoms. The molecule has 4 unspecified atom stereocenters. The third-order valence-electron chi connectivity index (χ3n) is 6.49. The molecule has 0 spiro atoms. The van der Waals surface area contributed by atoms with Gasteiger partial charge in [-0.15, -0.1) is 0 Å². The van der Waals surface area contributed by atoms with Crippen LogP contribution in [0.3, 0.4) is 0 Å². The van der Waals surface area contributed by atoms with Gasteiger partial charge in [-0.25, -0.2) is 0 Å². The Labute approximate surface area is 139 Å². The SMILES string of the molecule is CC(C)(C)OC(=O)CC12CC3CC1CC(c1ccccc1)(C3)C2. The quantitative estimate of drug-likeness (QED) is 0.745. The zero-order chi connectivity index (χ0) is 16.3. The molecule has 4 aliphatic rings. The summed E-state index contributed by atoms with van der Waals surface area (Å²) < 4.78 is 5.65. The second-order valence-electron chi connectivity index (χ2n) is 9.36. The number of hydrogen-bond donors (Lipinski definition) is 0. The van der Waals surface area contributed by atoms with Crippen LogP contribution in [0.4, 0.5) is 0 Å². The van der Waals surface area contributed by atoms with Gasteiger partial charge >= 0.3 is 5.97 Å². The van der Waals surface area contributed by atoms with Crippen molar-refractivity contribution >= 4 is 5.97 Å². The molecule has 124 valence electrons. The summed E-state index contributed by atoms with van der Waals surface area (Å²) in [5.74, 6) is 1.54. The van der Waals surface area contributed by atoms with Crippen molar-refractivity contribution in [2.45, 2.75) is 70.3 Å². The zero-order valence-electron chi connectivity index (χ0n) is 14.6. The van der Waals surface area contributed by atoms with Gasteiger partial charge in [-0.05, 0) is 81.1 Å². The maximum Gasteiger partial charge on any atom is 0.306 e. The first-order valence-electron chi connectivity index (χ1n) is 9.08. The third-order valence-corrected chi connectivity index (χ3v) is 6.49. The summed E-state index contributed by atoms with van der Waals surface area (Å²) >= 11 is 0. The molecule has 4 atom stereocenters. The number of ether oxygens (including phenoxy) is 1. The predicted octanol–water partition coefficient (Wildman–Crippen LogP) is 4.87. The topological polar surface area (TPSA) is 26.3 Å². The average Bonchev–Trinajstić information content (AvgIpc) is 2.80. The van der Waals surface area contributed by atoms with Crippen molar-refractivity contribution in [2.75, 3.05) is 0 Å². The van der Waals surface area contributed by atoms with Crippen molar-refractivity contribution in [2.24, 2.45) is 17.3 Å². The fourth-order valence-electron chi connectivity index (χ4n) is 6.15. The highest BCUT2D eigenvalue weighted by Crippen LogP contribution is 2.71. The molecule has 0 radical (unpaired) electrons. The maximum absolute atomic E-state index is 12.5. The van der Waals surface area contributed by atoms with Crippen LogP contribution in [0, 0.1) is 17.3 Å². The van der Waals surface area contributed by atoms with Crippen LogP contribution < -0.4 is 0 Å². The molecule has 0 amide bonds. The van der Waals surface area contributed by atoms with E-state index in [2.05, 4.69) is 30.3 Å². The van der Waals surface area contributed by atoms with Gasteiger partial charge in [0.25, 0.3) is 0 Å². The number of carbonyl (C=O) groups is 1. The van der Waals surface area contributed by atoms with Crippen LogP contribution in [-0.4, -0.2) is 11.6 Å². The highest BCUT2D eigenvalue weighted by molar-refractivity contribution is 5.71. The van der Waals surface area contributed by atoms with Gasteiger partial charge in [0.1, 0.15) is 5.60 Å². The van der Waals surface area contributed by atoms with Gasteiger partial charge in [-0.2, -0.15) is 0 Å². The Bertz CT molecular complexity index is 614. The third kappa shape index (κ3) is 2.51. The molecular weight excluding hydrogens is 284 g/mol. The minimum absolute atomic E-state index is 0.00825. The first-order valence-corrected chi connectivity index (χ1v) is 9.08. The molecule has 4 bridgehead atoms. The molecule has 0 saturated heterocycles. The molecule has 4 aliphatic carbocycles. The van der Waals surface area contributed by atoms with Crippen molar-refractivity contribution in [1.82, 2.24) is 0 Å². The Kier molecular flexibility index (Phi) is 3.21. The van der Waals surface area contributed by atoms with Crippen molar-refractivity contribution in [3.05, 3.63) is 35.9 Å². The zero-order valence-corrected chi connectivity index (χ0v) is 14.6. The molecule has 4 saturated carbocycles. The second-order valence-corrected chi connectivity index (χ2v) is 9.36. The van der Waals surface area contributed by atoms with Gasteiger partial charge in [0, 0.05) is 0 Å². The largest absolute Gasteiger partial charge is 0.460 e. The number of carbonyl (C=O) groups excluding carboxylic acids is 1. The number of rotatable bonds is 3. The van der Waals surface area contributed by atoms with E-state index in [-0.39, 0.29) is 17.0 Å². The van der Waals surface area contributed by atoms with Crippen molar-refractivity contribution in [1.29, 1.82) is 0 Å². The van der Waals surface area contributed by atoms with Crippen LogP contribution in [-0.2, 0) is 14.9 Å². The fraction of sp³-hybridized carbons (Fsp3) is 0.667. The molecule has 0 N–H and O–H groups in total. The number of hydrogen-bond acceptors (Lipinski definition) is 2. The summed E-state index contributed by atoms with van der Waals surface area (Å²) in [6.45, 7) is 5.89. The lowest BCUT2D eigenvalue weighted by atomic mass is 9.63. The number of esters is 1. The van der Waals surface area contributed by atoms with E-state index >= 15 is 0 Å². The van der Waals surface area contributed by atoms with Gasteiger partial charge in [0.05, 0.1) is 6.42 Å². The molecule has 0 aromatic heterocycles. The minimum Gasteiger partial charge on any atom is -0.460 e. The Morgan fingerprint density at radius 1 is 1.17 bits per heavy atom. The first kappa shape index (κ1) is 15.2. The normalized spacial score (nSPS) is 38.0. The molecule has 2 nitrogen and oxygen atoms in total. The summed E-state index contributed by atoms with van der Waals surface area (Å²) in [6.07, 6.45) is 6.98.